The molecule has 0 bridgehead atoms. The quantitative estimate of drug-likeness (QED) is 0.538. The van der Waals surface area contributed by atoms with Crippen LogP contribution in [0.2, 0.25) is 0 Å². The molecule has 0 amide bonds. The number of esters is 1. The van der Waals surface area contributed by atoms with Crippen LogP contribution in [0.1, 0.15) is 15.9 Å². The van der Waals surface area contributed by atoms with Crippen molar-refractivity contribution in [2.75, 3.05) is 0 Å². The van der Waals surface area contributed by atoms with Crippen molar-refractivity contribution in [1.29, 1.82) is 0 Å². The molecule has 0 saturated heterocycles. The number of halogens is 1. The highest BCUT2D eigenvalue weighted by molar-refractivity contribution is 9.10. The number of benzene rings is 3. The highest BCUT2D eigenvalue weighted by Gasteiger charge is 2.09. The van der Waals surface area contributed by atoms with Crippen LogP contribution in [0.3, 0.4) is 0 Å². The molecule has 0 aliphatic carbocycles. The molecule has 120 valence electrons. The van der Waals surface area contributed by atoms with E-state index >= 15 is 0 Å². The molecule has 0 unspecified atom stereocenters. The van der Waals surface area contributed by atoms with E-state index in [2.05, 4.69) is 15.9 Å². The summed E-state index contributed by atoms with van der Waals surface area (Å²) in [6, 6.07) is 24.0. The highest BCUT2D eigenvalue weighted by atomic mass is 79.9. The van der Waals surface area contributed by atoms with Gasteiger partial charge in [0.15, 0.2) is 0 Å². The lowest BCUT2D eigenvalue weighted by Crippen LogP contribution is -2.05. The van der Waals surface area contributed by atoms with Crippen LogP contribution in [-0.2, 0) is 11.3 Å². The van der Waals surface area contributed by atoms with Crippen molar-refractivity contribution in [3.05, 3.63) is 94.5 Å². The molecule has 0 spiro atoms. The second kappa shape index (κ2) is 7.79. The molecule has 3 aromatic carbocycles. The summed E-state index contributed by atoms with van der Waals surface area (Å²) < 4.78 is 12.1. The molecule has 0 radical (unpaired) electrons. The Bertz CT molecular complexity index is 814. The summed E-state index contributed by atoms with van der Waals surface area (Å²) in [6.07, 6.45) is 0. The molecule has 0 saturated carbocycles. The van der Waals surface area contributed by atoms with Gasteiger partial charge in [-0.25, -0.2) is 4.79 Å². The topological polar surface area (TPSA) is 35.5 Å². The van der Waals surface area contributed by atoms with E-state index in [1.807, 2.05) is 54.6 Å². The predicted molar refractivity (Wildman–Crippen MR) is 96.2 cm³/mol. The van der Waals surface area contributed by atoms with Gasteiger partial charge in [0.05, 0.1) is 5.56 Å². The molecule has 0 heterocycles. The van der Waals surface area contributed by atoms with E-state index < -0.39 is 0 Å². The van der Waals surface area contributed by atoms with Gasteiger partial charge in [-0.3, -0.25) is 0 Å². The van der Waals surface area contributed by atoms with E-state index in [0.29, 0.717) is 11.3 Å². The second-order valence-corrected chi connectivity index (χ2v) is 6.06. The Balaban J connectivity index is 1.64. The first-order valence-corrected chi connectivity index (χ1v) is 8.24. The maximum absolute atomic E-state index is 12.2. The fourth-order valence-corrected chi connectivity index (χ4v) is 2.39. The Labute approximate surface area is 149 Å². The lowest BCUT2D eigenvalue weighted by molar-refractivity contribution is 0.0472. The Kier molecular flexibility index (Phi) is 5.29. The molecule has 0 N–H and O–H groups in total. The highest BCUT2D eigenvalue weighted by Crippen LogP contribution is 2.22. The molecular formula is C20H15BrO3. The third-order valence-electron chi connectivity index (χ3n) is 3.33. The number of carbonyl (C=O) groups excluding carboxylic acids is 1. The fourth-order valence-electron chi connectivity index (χ4n) is 2.12. The molecule has 0 aliphatic heterocycles. The van der Waals surface area contributed by atoms with Crippen LogP contribution in [0.5, 0.6) is 11.5 Å². The number of hydrogen-bond donors (Lipinski definition) is 0. The van der Waals surface area contributed by atoms with Crippen molar-refractivity contribution in [1.82, 2.24) is 0 Å². The van der Waals surface area contributed by atoms with Crippen molar-refractivity contribution in [2.45, 2.75) is 6.61 Å². The summed E-state index contributed by atoms with van der Waals surface area (Å²) in [5, 5.41) is 0. The molecule has 3 aromatic rings. The monoisotopic (exact) mass is 382 g/mol. The van der Waals surface area contributed by atoms with E-state index in [-0.39, 0.29) is 12.6 Å². The van der Waals surface area contributed by atoms with Crippen LogP contribution in [-0.4, -0.2) is 5.97 Å². The van der Waals surface area contributed by atoms with Crippen molar-refractivity contribution in [3.8, 4) is 11.5 Å². The van der Waals surface area contributed by atoms with Gasteiger partial charge in [-0.1, -0.05) is 52.3 Å². The van der Waals surface area contributed by atoms with Gasteiger partial charge >= 0.3 is 5.97 Å². The first kappa shape index (κ1) is 16.3. The van der Waals surface area contributed by atoms with Gasteiger partial charge in [-0.05, 0) is 48.0 Å². The Morgan fingerprint density at radius 1 is 0.833 bits per heavy atom. The predicted octanol–water partition coefficient (Wildman–Crippen LogP) is 5.60. The molecule has 0 aromatic heterocycles. The molecule has 3 rings (SSSR count). The number of para-hydroxylation sites is 1. The normalized spacial score (nSPS) is 10.2. The van der Waals surface area contributed by atoms with Crippen LogP contribution in [0.15, 0.2) is 83.3 Å². The van der Waals surface area contributed by atoms with E-state index in [4.69, 9.17) is 9.47 Å². The average molecular weight is 383 g/mol. The van der Waals surface area contributed by atoms with Crippen LogP contribution in [0, 0.1) is 0 Å². The lowest BCUT2D eigenvalue weighted by Gasteiger charge is -2.08. The second-order valence-electron chi connectivity index (χ2n) is 5.15. The summed E-state index contributed by atoms with van der Waals surface area (Å²) in [5.41, 5.74) is 1.39. The van der Waals surface area contributed by atoms with Gasteiger partial charge in [-0.15, -0.1) is 0 Å². The largest absolute Gasteiger partial charge is 0.457 e. The summed E-state index contributed by atoms with van der Waals surface area (Å²) >= 11 is 3.38. The van der Waals surface area contributed by atoms with E-state index in [0.717, 1.165) is 15.8 Å². The van der Waals surface area contributed by atoms with Crippen molar-refractivity contribution < 1.29 is 14.3 Å². The zero-order chi connectivity index (χ0) is 16.8. The molecule has 0 aliphatic rings. The molecule has 3 nitrogen and oxygen atoms in total. The van der Waals surface area contributed by atoms with Crippen molar-refractivity contribution >= 4 is 21.9 Å². The van der Waals surface area contributed by atoms with E-state index in [1.54, 1.807) is 24.3 Å². The summed E-state index contributed by atoms with van der Waals surface area (Å²) in [5.74, 6) is 0.939. The minimum atomic E-state index is -0.378. The first-order valence-electron chi connectivity index (χ1n) is 7.45. The van der Waals surface area contributed by atoms with Gasteiger partial charge in [-0.2, -0.15) is 0 Å². The van der Waals surface area contributed by atoms with Gasteiger partial charge in [0.25, 0.3) is 0 Å². The molecule has 0 atom stereocenters. The van der Waals surface area contributed by atoms with Gasteiger partial charge in [0.2, 0.25) is 0 Å². The standard InChI is InChI=1S/C20H15BrO3/c21-17-11-9-15(10-12-17)14-23-20(22)16-5-4-8-19(13-16)24-18-6-2-1-3-7-18/h1-13H,14H2. The zero-order valence-electron chi connectivity index (χ0n) is 12.8. The Morgan fingerprint density at radius 2 is 1.54 bits per heavy atom. The van der Waals surface area contributed by atoms with Crippen molar-refractivity contribution in [3.63, 3.8) is 0 Å². The molecule has 0 fully saturated rings. The molecule has 4 heteroatoms. The SMILES string of the molecule is O=C(OCc1ccc(Br)cc1)c1cccc(Oc2ccccc2)c1. The van der Waals surface area contributed by atoms with E-state index in [9.17, 15) is 4.79 Å². The maximum atomic E-state index is 12.2. The van der Waals surface area contributed by atoms with Gasteiger partial charge in [0, 0.05) is 4.47 Å². The minimum absolute atomic E-state index is 0.232. The third kappa shape index (κ3) is 4.46. The maximum Gasteiger partial charge on any atom is 0.338 e. The van der Waals surface area contributed by atoms with Gasteiger partial charge < -0.3 is 9.47 Å². The Morgan fingerprint density at radius 3 is 2.29 bits per heavy atom. The van der Waals surface area contributed by atoms with Crippen LogP contribution in [0.25, 0.3) is 0 Å². The number of rotatable bonds is 5. The molecular weight excluding hydrogens is 368 g/mol. The van der Waals surface area contributed by atoms with Crippen LogP contribution >= 0.6 is 15.9 Å². The minimum Gasteiger partial charge on any atom is -0.457 e. The lowest BCUT2D eigenvalue weighted by atomic mass is 10.2. The average Bonchev–Trinajstić information content (AvgIpc) is 2.62. The van der Waals surface area contributed by atoms with Crippen molar-refractivity contribution in [2.24, 2.45) is 0 Å². The van der Waals surface area contributed by atoms with Gasteiger partial charge in [0.1, 0.15) is 18.1 Å². The molecule has 24 heavy (non-hydrogen) atoms. The summed E-state index contributed by atoms with van der Waals surface area (Å²) in [6.45, 7) is 0.232. The number of carbonyl (C=O) groups is 1. The number of hydrogen-bond acceptors (Lipinski definition) is 3. The zero-order valence-corrected chi connectivity index (χ0v) is 14.4. The summed E-state index contributed by atoms with van der Waals surface area (Å²) in [4.78, 5) is 12.2. The van der Waals surface area contributed by atoms with Crippen LogP contribution < -0.4 is 4.74 Å². The Hall–Kier alpha value is -2.59. The fraction of sp³-hybridized carbons (Fsp3) is 0.0500. The smallest absolute Gasteiger partial charge is 0.338 e. The summed E-state index contributed by atoms with van der Waals surface area (Å²) in [7, 11) is 0. The third-order valence-corrected chi connectivity index (χ3v) is 3.86. The van der Waals surface area contributed by atoms with E-state index in [1.165, 1.54) is 0 Å². The number of ether oxygens (including phenoxy) is 2. The van der Waals surface area contributed by atoms with Crippen LogP contribution in [0.4, 0.5) is 0 Å². The first-order chi connectivity index (χ1) is 11.7.